The fraction of sp³-hybridized carbons (Fsp3) is 0.478. The summed E-state index contributed by atoms with van der Waals surface area (Å²) in [6.45, 7) is 3.67. The molecule has 8 rings (SSSR count). The molecule has 15 heteroatoms. The molecule has 0 spiro atoms. The predicted molar refractivity (Wildman–Crippen MR) is 261 cm³/mol. The van der Waals surface area contributed by atoms with Gasteiger partial charge in [0.05, 0.1) is 11.4 Å². The van der Waals surface area contributed by atoms with Crippen LogP contribution in [0.4, 0.5) is 0 Å². The van der Waals surface area contributed by atoms with Gasteiger partial charge in [0.25, 0.3) is 0 Å². The van der Waals surface area contributed by atoms with Gasteiger partial charge in [-0.3, -0.25) is 19.6 Å². The van der Waals surface area contributed by atoms with Crippen molar-refractivity contribution in [2.45, 2.75) is 88.9 Å². The van der Waals surface area contributed by atoms with Crippen molar-refractivity contribution in [2.75, 3.05) is 37.9 Å². The van der Waals surface area contributed by atoms with Crippen molar-refractivity contribution < 1.29 is 9.59 Å². The number of amides is 1. The molecule has 0 saturated carbocycles. The summed E-state index contributed by atoms with van der Waals surface area (Å²) in [5, 5.41) is 6.08. The zero-order valence-corrected chi connectivity index (χ0v) is 42.2. The van der Waals surface area contributed by atoms with Crippen LogP contribution in [-0.4, -0.2) is 64.0 Å². The van der Waals surface area contributed by atoms with Crippen LogP contribution in [0, 0.1) is 11.8 Å². The highest BCUT2D eigenvalue weighted by Crippen LogP contribution is 2.47. The highest BCUT2D eigenvalue weighted by atomic mass is 79.9. The molecule has 2 aromatic heterocycles. The number of nitrogens with one attached hydrogen (secondary N) is 1. The Bertz CT molecular complexity index is 2170. The van der Waals surface area contributed by atoms with Crippen LogP contribution < -0.4 is 5.32 Å². The van der Waals surface area contributed by atoms with Crippen molar-refractivity contribution in [3.63, 3.8) is 0 Å². The van der Waals surface area contributed by atoms with Gasteiger partial charge in [0, 0.05) is 91.0 Å². The van der Waals surface area contributed by atoms with Crippen molar-refractivity contribution in [1.82, 2.24) is 20.2 Å². The van der Waals surface area contributed by atoms with E-state index in [1.165, 1.54) is 39.1 Å². The third-order valence-corrected chi connectivity index (χ3v) is 14.7. The summed E-state index contributed by atoms with van der Waals surface area (Å²) in [6, 6.07) is 12.3. The number of carbonyl (C=O) groups excluding carboxylic acids is 2. The topological polar surface area (TPSA) is 75.2 Å². The Kier molecular flexibility index (Phi) is 19.3. The van der Waals surface area contributed by atoms with Gasteiger partial charge in [0.2, 0.25) is 11.1 Å². The van der Waals surface area contributed by atoms with Gasteiger partial charge in [-0.1, -0.05) is 46.4 Å². The quantitative estimate of drug-likeness (QED) is 0.141. The first-order chi connectivity index (χ1) is 29.4. The molecule has 2 aliphatic heterocycles. The maximum absolute atomic E-state index is 12.4. The van der Waals surface area contributed by atoms with Gasteiger partial charge < -0.3 is 10.2 Å². The lowest BCUT2D eigenvalue weighted by atomic mass is 9.76. The Morgan fingerprint density at radius 3 is 1.52 bits per heavy atom. The Labute approximate surface area is 411 Å². The molecule has 1 amide bonds. The van der Waals surface area contributed by atoms with Crippen LogP contribution in [0.2, 0.25) is 20.1 Å². The average Bonchev–Trinajstić information content (AvgIpc) is 3.50. The molecule has 4 aliphatic rings. The molecule has 1 N–H and O–H groups in total. The zero-order valence-electron chi connectivity index (χ0n) is 33.7. The van der Waals surface area contributed by atoms with E-state index in [2.05, 4.69) is 61.4 Å². The van der Waals surface area contributed by atoms with Crippen molar-refractivity contribution in [3.8, 4) is 0 Å². The van der Waals surface area contributed by atoms with Gasteiger partial charge in [0.15, 0.2) is 0 Å². The average molecular weight is 1100 g/mol. The normalized spacial score (nSPS) is 18.7. The van der Waals surface area contributed by atoms with Crippen LogP contribution in [0.25, 0.3) is 0 Å². The fourth-order valence-electron chi connectivity index (χ4n) is 9.30. The van der Waals surface area contributed by atoms with E-state index in [1.54, 1.807) is 0 Å². The summed E-state index contributed by atoms with van der Waals surface area (Å²) in [5.74, 6) is 2.58. The number of piperidine rings is 2. The van der Waals surface area contributed by atoms with Gasteiger partial charge in [-0.15, -0.1) is 23.2 Å². The molecule has 2 saturated heterocycles. The molecule has 2 fully saturated rings. The second-order valence-electron chi connectivity index (χ2n) is 16.0. The van der Waals surface area contributed by atoms with Crippen LogP contribution in [0.5, 0.6) is 0 Å². The monoisotopic (exact) mass is 1090 g/mol. The number of nitrogens with zero attached hydrogens (tertiary/aromatic N) is 3. The third-order valence-electron chi connectivity index (χ3n) is 12.1. The molecule has 6 nitrogen and oxygen atoms in total. The Balaban J connectivity index is 0.000000180. The number of aryl methyl sites for hydroxylation is 4. The van der Waals surface area contributed by atoms with Crippen molar-refractivity contribution in [1.29, 1.82) is 0 Å². The van der Waals surface area contributed by atoms with Crippen LogP contribution >= 0.6 is 113 Å². The minimum Gasteiger partial charge on any atom is -0.343 e. The molecule has 0 bridgehead atoms. The number of hydrogen-bond donors (Lipinski definition) is 1. The third kappa shape index (κ3) is 13.0. The lowest BCUT2D eigenvalue weighted by Crippen LogP contribution is -2.40. The molecular weight excluding hydrogens is 1050 g/mol. The molecule has 2 atom stereocenters. The standard InChI is InChI=1S/C23H24BrCl3N2O.C19H19BrCl2N2.C4H6Cl2O/c24-17-10-16-4-3-15-11-18(26)12-19(27)21(15)22(23(16)28-13-17)14-5-8-29(9-6-14)20(30)2-1-7-25;20-14-7-13-2-1-12-8-15(21)9-16(22)17(12)18(19(13)24-10-14)11-3-5-23-6-4-11;5-3-1-2-4(6)7/h10-14,22H,1-9H2;7-11,18,23H,1-6H2;1-3H2. The minimum atomic E-state index is -0.305. The second-order valence-corrected chi connectivity index (χ2v) is 20.7. The molecule has 61 heavy (non-hydrogen) atoms. The van der Waals surface area contributed by atoms with E-state index in [4.69, 9.17) is 91.2 Å². The van der Waals surface area contributed by atoms with E-state index in [9.17, 15) is 9.59 Å². The highest BCUT2D eigenvalue weighted by molar-refractivity contribution is 9.10. The summed E-state index contributed by atoms with van der Waals surface area (Å²) in [5.41, 5.74) is 9.83. The number of rotatable bonds is 8. The number of halogens is 9. The molecule has 4 heterocycles. The SMILES string of the molecule is Clc1cc(Cl)c2c(c1)CCc1cc(Br)cnc1C2C1CCNCC1.O=C(CCCCl)N1CCC(C2c3ncc(Br)cc3CCc3cc(Cl)cc(Cl)c32)CC1.O=C(Cl)CCCCl. The lowest BCUT2D eigenvalue weighted by molar-refractivity contribution is -0.132. The Morgan fingerprint density at radius 2 is 1.08 bits per heavy atom. The van der Waals surface area contributed by atoms with Crippen LogP contribution in [0.15, 0.2) is 57.7 Å². The number of aromatic nitrogens is 2. The molecule has 2 unspecified atom stereocenters. The van der Waals surface area contributed by atoms with E-state index >= 15 is 0 Å². The largest absolute Gasteiger partial charge is 0.343 e. The number of fused-ring (bicyclic) bond motifs is 4. The summed E-state index contributed by atoms with van der Waals surface area (Å²) < 4.78 is 2.04. The number of alkyl halides is 2. The first kappa shape index (κ1) is 49.3. The molecule has 328 valence electrons. The van der Waals surface area contributed by atoms with Gasteiger partial charge in [-0.2, -0.15) is 0 Å². The minimum absolute atomic E-state index is 0.121. The van der Waals surface area contributed by atoms with Gasteiger partial charge in [0.1, 0.15) is 0 Å². The summed E-state index contributed by atoms with van der Waals surface area (Å²) in [4.78, 5) is 34.0. The zero-order chi connectivity index (χ0) is 43.6. The maximum Gasteiger partial charge on any atom is 0.222 e. The smallest absolute Gasteiger partial charge is 0.222 e. The molecule has 0 radical (unpaired) electrons. The number of likely N-dealkylation sites (tertiary alicyclic amines) is 1. The van der Waals surface area contributed by atoms with Gasteiger partial charge in [-0.05, 0) is 202 Å². The fourth-order valence-corrected chi connectivity index (χ4v) is 11.8. The number of pyridine rings is 2. The molecule has 4 aromatic rings. The van der Waals surface area contributed by atoms with E-state index in [1.807, 2.05) is 29.4 Å². The second kappa shape index (κ2) is 23.8. The molecule has 2 aromatic carbocycles. The van der Waals surface area contributed by atoms with Crippen LogP contribution in [-0.2, 0) is 35.3 Å². The van der Waals surface area contributed by atoms with E-state index in [0.29, 0.717) is 47.9 Å². The Hall–Kier alpha value is -1.17. The van der Waals surface area contributed by atoms with Gasteiger partial charge in [-0.25, -0.2) is 0 Å². The number of carbonyl (C=O) groups is 2. The lowest BCUT2D eigenvalue weighted by Gasteiger charge is -2.37. The Morgan fingerprint density at radius 1 is 0.639 bits per heavy atom. The van der Waals surface area contributed by atoms with Crippen molar-refractivity contribution >= 4 is 124 Å². The van der Waals surface area contributed by atoms with Crippen LogP contribution in [0.1, 0.15) is 108 Å². The van der Waals surface area contributed by atoms with E-state index in [-0.39, 0.29) is 23.0 Å². The van der Waals surface area contributed by atoms with E-state index < -0.39 is 0 Å². The first-order valence-electron chi connectivity index (χ1n) is 20.9. The first-order valence-corrected chi connectivity index (χ1v) is 25.5. The maximum atomic E-state index is 12.4. The summed E-state index contributed by atoms with van der Waals surface area (Å²) in [6.07, 6.45) is 14.1. The van der Waals surface area contributed by atoms with E-state index in [0.717, 1.165) is 114 Å². The number of hydrogen-bond acceptors (Lipinski definition) is 5. The van der Waals surface area contributed by atoms with Crippen molar-refractivity contribution in [3.05, 3.63) is 123 Å². The predicted octanol–water partition coefficient (Wildman–Crippen LogP) is 13.8. The highest BCUT2D eigenvalue weighted by Gasteiger charge is 2.37. The summed E-state index contributed by atoms with van der Waals surface area (Å²) >= 11 is 49.2. The van der Waals surface area contributed by atoms with Crippen molar-refractivity contribution in [2.24, 2.45) is 11.8 Å². The van der Waals surface area contributed by atoms with Gasteiger partial charge >= 0.3 is 0 Å². The number of benzene rings is 2. The molecular formula is C46H49Br2Cl7N4O2. The molecule has 2 aliphatic carbocycles. The summed E-state index contributed by atoms with van der Waals surface area (Å²) in [7, 11) is 0. The van der Waals surface area contributed by atoms with Crippen LogP contribution in [0.3, 0.4) is 0 Å².